The Morgan fingerprint density at radius 3 is 2.48 bits per heavy atom. The van der Waals surface area contributed by atoms with Crippen molar-refractivity contribution in [1.82, 2.24) is 0 Å². The number of rotatable bonds is 2. The predicted molar refractivity (Wildman–Crippen MR) is 93.5 cm³/mol. The highest BCUT2D eigenvalue weighted by Gasteiger charge is 2.21. The number of carbonyl (C=O) groups excluding carboxylic acids is 1. The Hall–Kier alpha value is -2.33. The predicted octanol–water partition coefficient (Wildman–Crippen LogP) is 3.72. The summed E-state index contributed by atoms with van der Waals surface area (Å²) < 4.78 is 0. The minimum atomic E-state index is -0.854. The van der Waals surface area contributed by atoms with Crippen LogP contribution in [0.2, 0.25) is 0 Å². The summed E-state index contributed by atoms with van der Waals surface area (Å²) in [5.41, 5.74) is 3.86. The first kappa shape index (κ1) is 15.6. The van der Waals surface area contributed by atoms with Crippen LogP contribution in [0.5, 0.6) is 0 Å². The zero-order valence-corrected chi connectivity index (χ0v) is 13.7. The molecule has 0 saturated carbocycles. The minimum Gasteiger partial charge on any atom is -0.386 e. The fourth-order valence-electron chi connectivity index (χ4n) is 2.89. The summed E-state index contributed by atoms with van der Waals surface area (Å²) in [5, 5.41) is 16.5. The molecular weight excluding hydrogens is 288 g/mol. The summed E-state index contributed by atoms with van der Waals surface area (Å²) in [4.78, 5) is 11.9. The van der Waals surface area contributed by atoms with E-state index >= 15 is 0 Å². The van der Waals surface area contributed by atoms with E-state index in [-0.39, 0.29) is 11.9 Å². The summed E-state index contributed by atoms with van der Waals surface area (Å²) >= 11 is 0. The molecule has 0 aromatic heterocycles. The van der Waals surface area contributed by atoms with E-state index in [1.165, 1.54) is 0 Å². The van der Waals surface area contributed by atoms with E-state index in [1.807, 2.05) is 49.4 Å². The van der Waals surface area contributed by atoms with Gasteiger partial charge < -0.3 is 15.7 Å². The van der Waals surface area contributed by atoms with Crippen LogP contribution < -0.4 is 10.6 Å². The van der Waals surface area contributed by atoms with E-state index in [4.69, 9.17) is 0 Å². The molecule has 3 rings (SSSR count). The van der Waals surface area contributed by atoms with Gasteiger partial charge in [-0.2, -0.15) is 0 Å². The van der Waals surface area contributed by atoms with Crippen molar-refractivity contribution < 1.29 is 9.90 Å². The molecule has 0 spiro atoms. The molecule has 1 aliphatic heterocycles. The number of fused-ring (bicyclic) bond motifs is 1. The molecule has 0 saturated heterocycles. The number of amides is 1. The van der Waals surface area contributed by atoms with Crippen molar-refractivity contribution in [3.63, 3.8) is 0 Å². The molecule has 3 N–H and O–H groups in total. The van der Waals surface area contributed by atoms with Gasteiger partial charge in [-0.25, -0.2) is 0 Å². The van der Waals surface area contributed by atoms with Crippen molar-refractivity contribution in [3.05, 3.63) is 48.0 Å². The lowest BCUT2D eigenvalue weighted by Crippen LogP contribution is -2.19. The number of para-hydroxylation sites is 1. The highest BCUT2D eigenvalue weighted by molar-refractivity contribution is 6.00. The number of hydrogen-bond donors (Lipinski definition) is 3. The minimum absolute atomic E-state index is 0.0262. The van der Waals surface area contributed by atoms with E-state index in [0.717, 1.165) is 28.1 Å². The molecule has 2 aromatic rings. The molecule has 0 radical (unpaired) electrons. The third-order valence-electron chi connectivity index (χ3n) is 4.12. The first-order valence-electron chi connectivity index (χ1n) is 7.87. The number of hydrogen-bond acceptors (Lipinski definition) is 3. The van der Waals surface area contributed by atoms with E-state index in [2.05, 4.69) is 10.6 Å². The fourth-order valence-corrected chi connectivity index (χ4v) is 2.89. The maximum Gasteiger partial charge on any atom is 0.226 e. The molecule has 23 heavy (non-hydrogen) atoms. The largest absolute Gasteiger partial charge is 0.386 e. The van der Waals surface area contributed by atoms with Crippen LogP contribution in [0.1, 0.15) is 32.8 Å². The molecule has 4 heteroatoms. The molecule has 120 valence electrons. The van der Waals surface area contributed by atoms with Gasteiger partial charge in [0.1, 0.15) is 0 Å². The Morgan fingerprint density at radius 2 is 1.83 bits per heavy atom. The Labute approximate surface area is 136 Å². The van der Waals surface area contributed by atoms with Gasteiger partial charge >= 0.3 is 0 Å². The Kier molecular flexibility index (Phi) is 3.86. The molecule has 0 aliphatic carbocycles. The normalized spacial score (nSPS) is 17.7. The van der Waals surface area contributed by atoms with Crippen molar-refractivity contribution in [2.75, 3.05) is 10.6 Å². The van der Waals surface area contributed by atoms with Gasteiger partial charge in [-0.15, -0.1) is 0 Å². The second-order valence-electron chi connectivity index (χ2n) is 6.66. The van der Waals surface area contributed by atoms with Crippen molar-refractivity contribution in [2.45, 2.75) is 38.8 Å². The Morgan fingerprint density at radius 1 is 1.13 bits per heavy atom. The van der Waals surface area contributed by atoms with Gasteiger partial charge in [-0.3, -0.25) is 4.79 Å². The molecule has 0 bridgehead atoms. The lowest BCUT2D eigenvalue weighted by atomic mass is 9.94. The number of aliphatic hydroxyl groups is 1. The monoisotopic (exact) mass is 310 g/mol. The molecule has 0 unspecified atom stereocenters. The van der Waals surface area contributed by atoms with E-state index in [9.17, 15) is 9.90 Å². The van der Waals surface area contributed by atoms with Gasteiger partial charge in [0.25, 0.3) is 0 Å². The van der Waals surface area contributed by atoms with Crippen LogP contribution in [-0.2, 0) is 10.4 Å². The van der Waals surface area contributed by atoms with Crippen molar-refractivity contribution >= 4 is 17.3 Å². The van der Waals surface area contributed by atoms with Gasteiger partial charge in [0, 0.05) is 18.0 Å². The number of carbonyl (C=O) groups is 1. The van der Waals surface area contributed by atoms with Gasteiger partial charge in [-0.1, -0.05) is 36.4 Å². The Bertz CT molecular complexity index is 730. The first-order chi connectivity index (χ1) is 10.8. The van der Waals surface area contributed by atoms with Crippen LogP contribution in [0.3, 0.4) is 0 Å². The summed E-state index contributed by atoms with van der Waals surface area (Å²) in [6, 6.07) is 13.8. The van der Waals surface area contributed by atoms with Crippen LogP contribution in [0.25, 0.3) is 11.1 Å². The van der Waals surface area contributed by atoms with Crippen molar-refractivity contribution in [3.8, 4) is 11.1 Å². The molecule has 0 fully saturated rings. The van der Waals surface area contributed by atoms with Crippen LogP contribution in [0, 0.1) is 0 Å². The highest BCUT2D eigenvalue weighted by atomic mass is 16.3. The molecule has 4 nitrogen and oxygen atoms in total. The molecule has 2 aromatic carbocycles. The second-order valence-corrected chi connectivity index (χ2v) is 6.66. The van der Waals surface area contributed by atoms with Crippen molar-refractivity contribution in [2.24, 2.45) is 0 Å². The third-order valence-corrected chi connectivity index (χ3v) is 4.12. The standard InChI is InChI=1S/C19H22N2O2/c1-12-11-17(22)21-16-6-4-5-15(18(16)20-12)13-7-9-14(10-8-13)19(2,3)23/h4-10,12,20,23H,11H2,1-3H3,(H,21,22)/t12-/m1/s1. The number of benzene rings is 2. The zero-order valence-electron chi connectivity index (χ0n) is 13.7. The number of nitrogens with one attached hydrogen (secondary N) is 2. The average Bonchev–Trinajstić information content (AvgIpc) is 2.62. The van der Waals surface area contributed by atoms with Crippen molar-refractivity contribution in [1.29, 1.82) is 0 Å². The summed E-state index contributed by atoms with van der Waals surface area (Å²) in [5.74, 6) is 0.0262. The van der Waals surface area contributed by atoms with E-state index in [1.54, 1.807) is 13.8 Å². The lowest BCUT2D eigenvalue weighted by molar-refractivity contribution is -0.116. The van der Waals surface area contributed by atoms with Crippen LogP contribution in [-0.4, -0.2) is 17.1 Å². The van der Waals surface area contributed by atoms with Crippen LogP contribution >= 0.6 is 0 Å². The van der Waals surface area contributed by atoms with Gasteiger partial charge in [0.15, 0.2) is 0 Å². The summed E-state index contributed by atoms with van der Waals surface area (Å²) in [6.45, 7) is 5.55. The smallest absolute Gasteiger partial charge is 0.226 e. The van der Waals surface area contributed by atoms with Gasteiger partial charge in [0.05, 0.1) is 17.0 Å². The molecule has 1 aliphatic rings. The maximum absolute atomic E-state index is 11.9. The average molecular weight is 310 g/mol. The lowest BCUT2D eigenvalue weighted by Gasteiger charge is -2.19. The zero-order chi connectivity index (χ0) is 16.6. The second kappa shape index (κ2) is 5.70. The SMILES string of the molecule is C[C@@H]1CC(=O)Nc2cccc(-c3ccc(C(C)(C)O)cc3)c2N1. The van der Waals surface area contributed by atoms with Crippen LogP contribution in [0.15, 0.2) is 42.5 Å². The topological polar surface area (TPSA) is 61.4 Å². The van der Waals surface area contributed by atoms with E-state index in [0.29, 0.717) is 6.42 Å². The van der Waals surface area contributed by atoms with Gasteiger partial charge in [-0.05, 0) is 38.0 Å². The summed E-state index contributed by atoms with van der Waals surface area (Å²) in [7, 11) is 0. The highest BCUT2D eigenvalue weighted by Crippen LogP contribution is 2.37. The molecule has 1 atom stereocenters. The molecular formula is C19H22N2O2. The molecule has 1 heterocycles. The maximum atomic E-state index is 11.9. The van der Waals surface area contributed by atoms with Crippen LogP contribution in [0.4, 0.5) is 11.4 Å². The third kappa shape index (κ3) is 3.22. The van der Waals surface area contributed by atoms with E-state index < -0.39 is 5.60 Å². The fraction of sp³-hybridized carbons (Fsp3) is 0.316. The quantitative estimate of drug-likeness (QED) is 0.792. The van der Waals surface area contributed by atoms with Gasteiger partial charge in [0.2, 0.25) is 5.91 Å². The number of anilines is 2. The summed E-state index contributed by atoms with van der Waals surface area (Å²) in [6.07, 6.45) is 0.450. The molecule has 1 amide bonds. The Balaban J connectivity index is 2.04. The first-order valence-corrected chi connectivity index (χ1v) is 7.87.